The van der Waals surface area contributed by atoms with Crippen molar-refractivity contribution in [2.45, 2.75) is 45.2 Å². The van der Waals surface area contributed by atoms with E-state index in [0.717, 1.165) is 22.7 Å². The Kier molecular flexibility index (Phi) is 3.88. The summed E-state index contributed by atoms with van der Waals surface area (Å²) in [6.45, 7) is 4.54. The van der Waals surface area contributed by atoms with Gasteiger partial charge in [0.1, 0.15) is 11.0 Å². The molecule has 3 aromatic heterocycles. The quantitative estimate of drug-likeness (QED) is 0.728. The van der Waals surface area contributed by atoms with Gasteiger partial charge in [-0.05, 0) is 44.9 Å². The van der Waals surface area contributed by atoms with Gasteiger partial charge in [0.2, 0.25) is 0 Å². The largest absolute Gasteiger partial charge is 0.351 e. The van der Waals surface area contributed by atoms with Crippen molar-refractivity contribution >= 4 is 23.1 Å². The molecule has 3 aromatic rings. The molecule has 0 amide bonds. The summed E-state index contributed by atoms with van der Waals surface area (Å²) in [6, 6.07) is 9.20. The monoisotopic (exact) mass is 341 g/mol. The second-order valence-corrected chi connectivity index (χ2v) is 6.92. The highest BCUT2D eigenvalue weighted by molar-refractivity contribution is 6.29. The highest BCUT2D eigenvalue weighted by Gasteiger charge is 2.28. The molecule has 124 valence electrons. The van der Waals surface area contributed by atoms with Crippen molar-refractivity contribution in [1.29, 1.82) is 0 Å². The van der Waals surface area contributed by atoms with Crippen LogP contribution in [-0.4, -0.2) is 31.7 Å². The van der Waals surface area contributed by atoms with Crippen LogP contribution in [0.1, 0.15) is 37.9 Å². The maximum absolute atomic E-state index is 6.13. The molecule has 2 atom stereocenters. The van der Waals surface area contributed by atoms with Crippen molar-refractivity contribution in [3.8, 4) is 0 Å². The van der Waals surface area contributed by atoms with Gasteiger partial charge in [-0.3, -0.25) is 0 Å². The molecule has 0 spiro atoms. The van der Waals surface area contributed by atoms with Crippen molar-refractivity contribution in [2.24, 2.45) is 0 Å². The second kappa shape index (κ2) is 6.06. The van der Waals surface area contributed by atoms with Crippen LogP contribution in [0.2, 0.25) is 5.15 Å². The van der Waals surface area contributed by atoms with Crippen molar-refractivity contribution in [2.75, 3.05) is 4.90 Å². The van der Waals surface area contributed by atoms with Gasteiger partial charge in [-0.15, -0.1) is 0 Å². The van der Waals surface area contributed by atoms with E-state index in [2.05, 4.69) is 47.0 Å². The van der Waals surface area contributed by atoms with E-state index in [0.29, 0.717) is 23.7 Å². The fourth-order valence-electron chi connectivity index (χ4n) is 3.63. The molecule has 4 rings (SSSR count). The number of nitrogens with zero attached hydrogens (tertiary/aromatic N) is 5. The Hall–Kier alpha value is -2.14. The van der Waals surface area contributed by atoms with Gasteiger partial charge in [-0.25, -0.2) is 14.5 Å². The van der Waals surface area contributed by atoms with E-state index in [1.54, 1.807) is 10.7 Å². The van der Waals surface area contributed by atoms with Crippen LogP contribution in [0.25, 0.3) is 5.65 Å². The molecule has 0 N–H and O–H groups in total. The Morgan fingerprint density at radius 2 is 2.00 bits per heavy atom. The van der Waals surface area contributed by atoms with E-state index in [9.17, 15) is 0 Å². The van der Waals surface area contributed by atoms with Crippen molar-refractivity contribution in [3.63, 3.8) is 0 Å². The maximum atomic E-state index is 6.13. The van der Waals surface area contributed by atoms with Crippen LogP contribution in [0.4, 0.5) is 5.82 Å². The lowest BCUT2D eigenvalue weighted by Crippen LogP contribution is -2.33. The zero-order valence-electron chi connectivity index (χ0n) is 13.9. The first-order chi connectivity index (χ1) is 11.6. The van der Waals surface area contributed by atoms with Gasteiger partial charge < -0.3 is 4.90 Å². The smallest absolute Gasteiger partial charge is 0.157 e. The van der Waals surface area contributed by atoms with E-state index in [1.165, 1.54) is 12.8 Å². The standard InChI is InChI=1S/C18H20ClN5/c1-12-6-7-13(2)24(12)17-5-3-4-15(21-17)10-14-11-16(19)22-23-9-8-20-18(14)23/h3-5,8-9,11-13H,6-7,10H2,1-2H3/t12-,13-/m0/s1. The number of imidazole rings is 1. The van der Waals surface area contributed by atoms with Crippen LogP contribution < -0.4 is 4.90 Å². The molecule has 0 aliphatic carbocycles. The van der Waals surface area contributed by atoms with E-state index < -0.39 is 0 Å². The molecule has 1 aliphatic rings. The third-order valence-corrected chi connectivity index (χ3v) is 4.97. The minimum absolute atomic E-state index is 0.466. The van der Waals surface area contributed by atoms with Crippen LogP contribution in [0.5, 0.6) is 0 Å². The maximum Gasteiger partial charge on any atom is 0.157 e. The highest BCUT2D eigenvalue weighted by atomic mass is 35.5. The number of halogens is 1. The van der Waals surface area contributed by atoms with Gasteiger partial charge >= 0.3 is 0 Å². The normalized spacial score (nSPS) is 20.9. The third kappa shape index (κ3) is 2.73. The van der Waals surface area contributed by atoms with Gasteiger partial charge in [0, 0.05) is 42.2 Å². The number of pyridine rings is 1. The Morgan fingerprint density at radius 1 is 1.21 bits per heavy atom. The average molecular weight is 342 g/mol. The fraction of sp³-hybridized carbons (Fsp3) is 0.389. The molecular formula is C18H20ClN5. The molecule has 5 nitrogen and oxygen atoms in total. The Balaban J connectivity index is 1.68. The van der Waals surface area contributed by atoms with Crippen molar-refractivity contribution < 1.29 is 0 Å². The Bertz CT molecular complexity index is 865. The van der Waals surface area contributed by atoms with Crippen LogP contribution in [0.15, 0.2) is 36.7 Å². The molecule has 4 heterocycles. The third-order valence-electron chi connectivity index (χ3n) is 4.79. The number of anilines is 1. The van der Waals surface area contributed by atoms with Crippen LogP contribution in [0, 0.1) is 0 Å². The number of aromatic nitrogens is 4. The first kappa shape index (κ1) is 15.4. The number of hydrogen-bond acceptors (Lipinski definition) is 4. The molecule has 0 bridgehead atoms. The molecule has 1 saturated heterocycles. The zero-order valence-corrected chi connectivity index (χ0v) is 14.6. The molecular weight excluding hydrogens is 322 g/mol. The fourth-order valence-corrected chi connectivity index (χ4v) is 3.84. The van der Waals surface area contributed by atoms with Gasteiger partial charge in [0.25, 0.3) is 0 Å². The predicted molar refractivity (Wildman–Crippen MR) is 95.7 cm³/mol. The van der Waals surface area contributed by atoms with Gasteiger partial charge in [-0.2, -0.15) is 5.10 Å². The topological polar surface area (TPSA) is 46.3 Å². The molecule has 0 radical (unpaired) electrons. The Labute approximate surface area is 146 Å². The van der Waals surface area contributed by atoms with Crippen molar-refractivity contribution in [1.82, 2.24) is 19.6 Å². The predicted octanol–water partition coefficient (Wildman–Crippen LogP) is 3.75. The van der Waals surface area contributed by atoms with E-state index in [1.807, 2.05) is 12.3 Å². The SMILES string of the molecule is C[C@H]1CC[C@H](C)N1c1cccc(Cc2cc(Cl)nn3ccnc23)n1. The summed E-state index contributed by atoms with van der Waals surface area (Å²) in [5, 5.41) is 4.70. The summed E-state index contributed by atoms with van der Waals surface area (Å²) in [5.74, 6) is 1.06. The minimum Gasteiger partial charge on any atom is -0.351 e. The molecule has 24 heavy (non-hydrogen) atoms. The van der Waals surface area contributed by atoms with Gasteiger partial charge in [0.15, 0.2) is 5.65 Å². The highest BCUT2D eigenvalue weighted by Crippen LogP contribution is 2.29. The van der Waals surface area contributed by atoms with E-state index >= 15 is 0 Å². The lowest BCUT2D eigenvalue weighted by Gasteiger charge is -2.27. The van der Waals surface area contributed by atoms with Crippen LogP contribution in [0.3, 0.4) is 0 Å². The summed E-state index contributed by atoms with van der Waals surface area (Å²) in [4.78, 5) is 11.7. The molecule has 6 heteroatoms. The number of fused-ring (bicyclic) bond motifs is 1. The molecule has 1 fully saturated rings. The molecule has 0 saturated carbocycles. The lowest BCUT2D eigenvalue weighted by molar-refractivity contribution is 0.681. The van der Waals surface area contributed by atoms with E-state index in [4.69, 9.17) is 16.6 Å². The number of hydrogen-bond donors (Lipinski definition) is 0. The lowest BCUT2D eigenvalue weighted by atomic mass is 10.1. The van der Waals surface area contributed by atoms with Crippen LogP contribution >= 0.6 is 11.6 Å². The Morgan fingerprint density at radius 3 is 2.79 bits per heavy atom. The number of rotatable bonds is 3. The summed E-state index contributed by atoms with van der Waals surface area (Å²) >= 11 is 6.13. The first-order valence-electron chi connectivity index (χ1n) is 8.35. The average Bonchev–Trinajstić information content (AvgIpc) is 3.14. The molecule has 0 aromatic carbocycles. The zero-order chi connectivity index (χ0) is 16.7. The van der Waals surface area contributed by atoms with E-state index in [-0.39, 0.29) is 0 Å². The van der Waals surface area contributed by atoms with Gasteiger partial charge in [0.05, 0.1) is 0 Å². The van der Waals surface area contributed by atoms with Gasteiger partial charge in [-0.1, -0.05) is 17.7 Å². The summed E-state index contributed by atoms with van der Waals surface area (Å²) in [7, 11) is 0. The molecule has 0 unspecified atom stereocenters. The minimum atomic E-state index is 0.466. The summed E-state index contributed by atoms with van der Waals surface area (Å²) < 4.78 is 1.71. The molecule has 1 aliphatic heterocycles. The second-order valence-electron chi connectivity index (χ2n) is 6.53. The summed E-state index contributed by atoms with van der Waals surface area (Å²) in [5.41, 5.74) is 2.88. The summed E-state index contributed by atoms with van der Waals surface area (Å²) in [6.07, 6.45) is 6.68. The van der Waals surface area contributed by atoms with Crippen LogP contribution in [-0.2, 0) is 6.42 Å². The van der Waals surface area contributed by atoms with Crippen molar-refractivity contribution in [3.05, 3.63) is 53.1 Å². The first-order valence-corrected chi connectivity index (χ1v) is 8.72.